The molecule has 3 rings (SSSR count). The molecular formula is C17H15BrN2O5. The van der Waals surface area contributed by atoms with Crippen LogP contribution in [0.2, 0.25) is 0 Å². The number of hydrogen-bond acceptors (Lipinski definition) is 6. The number of methoxy groups -OCH3 is 2. The first-order chi connectivity index (χ1) is 12.1. The predicted octanol–water partition coefficient (Wildman–Crippen LogP) is 2.96. The number of ether oxygens (including phenoxy) is 4. The van der Waals surface area contributed by atoms with Gasteiger partial charge in [0.25, 0.3) is 5.91 Å². The Hall–Kier alpha value is -2.74. The summed E-state index contributed by atoms with van der Waals surface area (Å²) in [4.78, 5) is 12.2. The van der Waals surface area contributed by atoms with Crippen LogP contribution in [-0.2, 0) is 0 Å². The number of nitrogens with zero attached hydrogens (tertiary/aromatic N) is 1. The maximum atomic E-state index is 12.2. The molecule has 0 radical (unpaired) electrons. The van der Waals surface area contributed by atoms with E-state index in [9.17, 15) is 4.79 Å². The third-order valence-electron chi connectivity index (χ3n) is 3.51. The van der Waals surface area contributed by atoms with Crippen molar-refractivity contribution >= 4 is 28.1 Å². The lowest BCUT2D eigenvalue weighted by molar-refractivity contribution is 0.0954. The van der Waals surface area contributed by atoms with Crippen molar-refractivity contribution in [2.24, 2.45) is 5.10 Å². The van der Waals surface area contributed by atoms with Gasteiger partial charge in [-0.15, -0.1) is 0 Å². The summed E-state index contributed by atoms with van der Waals surface area (Å²) < 4.78 is 21.7. The van der Waals surface area contributed by atoms with Crippen molar-refractivity contribution in [2.75, 3.05) is 21.0 Å². The van der Waals surface area contributed by atoms with Crippen molar-refractivity contribution in [3.63, 3.8) is 0 Å². The van der Waals surface area contributed by atoms with Gasteiger partial charge in [-0.2, -0.15) is 5.10 Å². The Balaban J connectivity index is 1.71. The van der Waals surface area contributed by atoms with Crippen LogP contribution < -0.4 is 24.4 Å². The quantitative estimate of drug-likeness (QED) is 0.609. The smallest absolute Gasteiger partial charge is 0.271 e. The van der Waals surface area contributed by atoms with Gasteiger partial charge in [0.1, 0.15) is 0 Å². The topological polar surface area (TPSA) is 78.4 Å². The molecule has 0 bridgehead atoms. The first-order valence-corrected chi connectivity index (χ1v) is 8.06. The maximum Gasteiger partial charge on any atom is 0.271 e. The highest BCUT2D eigenvalue weighted by Crippen LogP contribution is 2.36. The van der Waals surface area contributed by atoms with Crippen LogP contribution in [0, 0.1) is 0 Å². The Kier molecular flexibility index (Phi) is 5.08. The minimum absolute atomic E-state index is 0.193. The molecule has 1 N–H and O–H groups in total. The van der Waals surface area contributed by atoms with Crippen LogP contribution in [0.5, 0.6) is 23.0 Å². The summed E-state index contributed by atoms with van der Waals surface area (Å²) in [5, 5.41) is 3.98. The van der Waals surface area contributed by atoms with Crippen LogP contribution in [0.4, 0.5) is 0 Å². The highest BCUT2D eigenvalue weighted by Gasteiger charge is 2.15. The zero-order valence-electron chi connectivity index (χ0n) is 13.5. The van der Waals surface area contributed by atoms with Crippen LogP contribution in [0.3, 0.4) is 0 Å². The van der Waals surface area contributed by atoms with Crippen LogP contribution in [-0.4, -0.2) is 33.1 Å². The van der Waals surface area contributed by atoms with E-state index in [0.29, 0.717) is 28.6 Å². The number of carbonyl (C=O) groups excluding carboxylic acids is 1. The van der Waals surface area contributed by atoms with Gasteiger partial charge in [-0.05, 0) is 46.3 Å². The lowest BCUT2D eigenvalue weighted by atomic mass is 10.2. The van der Waals surface area contributed by atoms with Gasteiger partial charge >= 0.3 is 0 Å². The Morgan fingerprint density at radius 1 is 1.16 bits per heavy atom. The molecule has 0 spiro atoms. The summed E-state index contributed by atoms with van der Waals surface area (Å²) in [6, 6.07) is 8.44. The van der Waals surface area contributed by atoms with Crippen molar-refractivity contribution in [1.29, 1.82) is 0 Å². The summed E-state index contributed by atoms with van der Waals surface area (Å²) in [6.07, 6.45) is 1.52. The van der Waals surface area contributed by atoms with Gasteiger partial charge in [0, 0.05) is 15.6 Å². The average molecular weight is 407 g/mol. The second-order valence-electron chi connectivity index (χ2n) is 5.00. The molecule has 0 atom stereocenters. The lowest BCUT2D eigenvalue weighted by Gasteiger charge is -2.08. The molecule has 0 unspecified atom stereocenters. The second-order valence-corrected chi connectivity index (χ2v) is 5.85. The minimum Gasteiger partial charge on any atom is -0.493 e. The van der Waals surface area contributed by atoms with E-state index in [1.807, 2.05) is 0 Å². The molecule has 1 amide bonds. The number of halogens is 1. The van der Waals surface area contributed by atoms with Gasteiger partial charge in [0.05, 0.1) is 20.4 Å². The lowest BCUT2D eigenvalue weighted by Crippen LogP contribution is -2.17. The minimum atomic E-state index is -0.367. The zero-order valence-corrected chi connectivity index (χ0v) is 15.1. The fraction of sp³-hybridized carbons (Fsp3) is 0.176. The molecular weight excluding hydrogens is 392 g/mol. The van der Waals surface area contributed by atoms with Crippen molar-refractivity contribution in [3.05, 3.63) is 45.9 Å². The maximum absolute atomic E-state index is 12.2. The first kappa shape index (κ1) is 17.1. The normalized spacial score (nSPS) is 12.3. The van der Waals surface area contributed by atoms with Gasteiger partial charge in [0.2, 0.25) is 6.79 Å². The highest BCUT2D eigenvalue weighted by atomic mass is 79.9. The number of rotatable bonds is 5. The number of hydrogen-bond donors (Lipinski definition) is 1. The highest BCUT2D eigenvalue weighted by molar-refractivity contribution is 9.10. The first-order valence-electron chi connectivity index (χ1n) is 7.27. The molecule has 1 heterocycles. The Bertz CT molecular complexity index is 838. The van der Waals surface area contributed by atoms with Crippen LogP contribution >= 0.6 is 15.9 Å². The number of benzene rings is 2. The number of amides is 1. The van der Waals surface area contributed by atoms with Gasteiger partial charge in [0.15, 0.2) is 23.0 Å². The van der Waals surface area contributed by atoms with Crippen LogP contribution in [0.1, 0.15) is 15.9 Å². The van der Waals surface area contributed by atoms with E-state index in [4.69, 9.17) is 18.9 Å². The van der Waals surface area contributed by atoms with Crippen LogP contribution in [0.25, 0.3) is 0 Å². The van der Waals surface area contributed by atoms with Gasteiger partial charge in [-0.3, -0.25) is 4.79 Å². The Morgan fingerprint density at radius 3 is 2.60 bits per heavy atom. The van der Waals surface area contributed by atoms with E-state index in [-0.39, 0.29) is 12.7 Å². The van der Waals surface area contributed by atoms with E-state index in [1.54, 1.807) is 30.3 Å². The molecule has 0 saturated carbocycles. The standard InChI is InChI=1S/C17H15BrN2O5/c1-22-13-4-3-10(5-14(13)23-2)17(21)20-19-8-11-6-15-16(7-12(11)18)25-9-24-15/h3-8H,9H2,1-2H3,(H,20,21)/b19-8+. The number of carbonyl (C=O) groups is 1. The molecule has 130 valence electrons. The number of hydrazone groups is 1. The summed E-state index contributed by atoms with van der Waals surface area (Å²) in [7, 11) is 3.04. The Labute approximate surface area is 152 Å². The molecule has 1 aliphatic rings. The molecule has 0 saturated heterocycles. The molecule has 2 aromatic rings. The van der Waals surface area contributed by atoms with Gasteiger partial charge in [-0.1, -0.05) is 0 Å². The van der Waals surface area contributed by atoms with Crippen molar-refractivity contribution < 1.29 is 23.7 Å². The molecule has 0 fully saturated rings. The van der Waals surface area contributed by atoms with Crippen molar-refractivity contribution in [1.82, 2.24) is 5.43 Å². The third-order valence-corrected chi connectivity index (χ3v) is 4.19. The molecule has 1 aliphatic heterocycles. The molecule has 8 heteroatoms. The molecule has 2 aromatic carbocycles. The van der Waals surface area contributed by atoms with E-state index in [2.05, 4.69) is 26.5 Å². The fourth-order valence-electron chi connectivity index (χ4n) is 2.23. The largest absolute Gasteiger partial charge is 0.493 e. The third kappa shape index (κ3) is 3.69. The predicted molar refractivity (Wildman–Crippen MR) is 94.9 cm³/mol. The Morgan fingerprint density at radius 2 is 1.88 bits per heavy atom. The second kappa shape index (κ2) is 7.43. The average Bonchev–Trinajstić information content (AvgIpc) is 3.08. The van der Waals surface area contributed by atoms with E-state index >= 15 is 0 Å². The summed E-state index contributed by atoms with van der Waals surface area (Å²) >= 11 is 3.43. The van der Waals surface area contributed by atoms with E-state index in [0.717, 1.165) is 10.0 Å². The molecule has 0 aliphatic carbocycles. The zero-order chi connectivity index (χ0) is 17.8. The van der Waals surface area contributed by atoms with Crippen molar-refractivity contribution in [2.45, 2.75) is 0 Å². The van der Waals surface area contributed by atoms with Gasteiger partial charge < -0.3 is 18.9 Å². The van der Waals surface area contributed by atoms with Crippen LogP contribution in [0.15, 0.2) is 39.9 Å². The number of fused-ring (bicyclic) bond motifs is 1. The van der Waals surface area contributed by atoms with Crippen molar-refractivity contribution in [3.8, 4) is 23.0 Å². The molecule has 25 heavy (non-hydrogen) atoms. The molecule has 0 aromatic heterocycles. The summed E-state index contributed by atoms with van der Waals surface area (Å²) in [5.41, 5.74) is 3.62. The summed E-state index contributed by atoms with van der Waals surface area (Å²) in [5.74, 6) is 1.95. The van der Waals surface area contributed by atoms with E-state index in [1.165, 1.54) is 20.4 Å². The molecule has 7 nitrogen and oxygen atoms in total. The monoisotopic (exact) mass is 406 g/mol. The van der Waals surface area contributed by atoms with Gasteiger partial charge in [-0.25, -0.2) is 5.43 Å². The fourth-order valence-corrected chi connectivity index (χ4v) is 2.66. The SMILES string of the molecule is COc1ccc(C(=O)N/N=C/c2cc3c(cc2Br)OCO3)cc1OC. The van der Waals surface area contributed by atoms with E-state index < -0.39 is 0 Å². The number of nitrogens with one attached hydrogen (secondary N) is 1. The summed E-state index contributed by atoms with van der Waals surface area (Å²) in [6.45, 7) is 0.193.